The summed E-state index contributed by atoms with van der Waals surface area (Å²) in [5, 5.41) is 14.9. The molecule has 0 aromatic heterocycles. The van der Waals surface area contributed by atoms with Crippen LogP contribution in [-0.4, -0.2) is 11.0 Å². The first-order valence-corrected chi connectivity index (χ1v) is 7.70. The van der Waals surface area contributed by atoms with E-state index in [2.05, 4.69) is 12.2 Å². The molecule has 110 valence electrons. The number of hydrogen-bond donors (Lipinski definition) is 1. The largest absolute Gasteiger partial charge is 0.375 e. The van der Waals surface area contributed by atoms with Crippen LogP contribution in [0.2, 0.25) is 5.02 Å². The minimum Gasteiger partial charge on any atom is -0.375 e. The molecule has 1 unspecified atom stereocenters. The van der Waals surface area contributed by atoms with Gasteiger partial charge in [-0.2, -0.15) is 0 Å². The Morgan fingerprint density at radius 2 is 2.10 bits per heavy atom. The van der Waals surface area contributed by atoms with Crippen molar-refractivity contribution in [2.24, 2.45) is 5.92 Å². The van der Waals surface area contributed by atoms with Crippen LogP contribution in [0.1, 0.15) is 45.4 Å². The van der Waals surface area contributed by atoms with Gasteiger partial charge in [-0.25, -0.2) is 0 Å². The molecular formula is C15H21ClN2O2. The van der Waals surface area contributed by atoms with Crippen LogP contribution in [0.4, 0.5) is 11.4 Å². The van der Waals surface area contributed by atoms with Crippen molar-refractivity contribution in [2.75, 3.05) is 5.32 Å². The van der Waals surface area contributed by atoms with Gasteiger partial charge in [-0.3, -0.25) is 10.1 Å². The molecule has 20 heavy (non-hydrogen) atoms. The number of rotatable bonds is 5. The lowest BCUT2D eigenvalue weighted by Crippen LogP contribution is -2.30. The molecule has 1 aliphatic rings. The Morgan fingerprint density at radius 3 is 2.70 bits per heavy atom. The highest BCUT2D eigenvalue weighted by molar-refractivity contribution is 6.33. The van der Waals surface area contributed by atoms with E-state index in [0.717, 1.165) is 6.42 Å². The molecule has 1 aromatic rings. The van der Waals surface area contributed by atoms with Crippen molar-refractivity contribution in [3.63, 3.8) is 0 Å². The Hall–Kier alpha value is -1.29. The van der Waals surface area contributed by atoms with Crippen LogP contribution in [0.15, 0.2) is 18.2 Å². The van der Waals surface area contributed by atoms with Gasteiger partial charge in [0.25, 0.3) is 5.69 Å². The fourth-order valence-electron chi connectivity index (χ4n) is 3.08. The molecule has 0 bridgehead atoms. The predicted octanol–water partition coefficient (Wildman–Crippen LogP) is 5.02. The molecule has 0 amide bonds. The van der Waals surface area contributed by atoms with Crippen molar-refractivity contribution >= 4 is 23.0 Å². The first-order valence-electron chi connectivity index (χ1n) is 7.33. The Balaban J connectivity index is 2.20. The molecule has 4 nitrogen and oxygen atoms in total. The van der Waals surface area contributed by atoms with E-state index < -0.39 is 0 Å². The van der Waals surface area contributed by atoms with E-state index in [1.54, 1.807) is 12.1 Å². The lowest BCUT2D eigenvalue weighted by molar-refractivity contribution is -0.384. The number of halogens is 1. The molecular weight excluding hydrogens is 276 g/mol. The Kier molecular flexibility index (Phi) is 5.24. The smallest absolute Gasteiger partial charge is 0.293 e. The van der Waals surface area contributed by atoms with Crippen LogP contribution in [0.25, 0.3) is 0 Å². The van der Waals surface area contributed by atoms with Gasteiger partial charge in [0.15, 0.2) is 0 Å². The van der Waals surface area contributed by atoms with E-state index in [1.165, 1.54) is 38.2 Å². The predicted molar refractivity (Wildman–Crippen MR) is 82.4 cm³/mol. The first-order chi connectivity index (χ1) is 9.63. The zero-order valence-corrected chi connectivity index (χ0v) is 12.5. The number of anilines is 1. The van der Waals surface area contributed by atoms with Crippen LogP contribution >= 0.6 is 11.6 Å². The molecule has 1 N–H and O–H groups in total. The van der Waals surface area contributed by atoms with Crippen LogP contribution in [0.5, 0.6) is 0 Å². The zero-order valence-electron chi connectivity index (χ0n) is 11.8. The minimum atomic E-state index is -0.373. The minimum absolute atomic E-state index is 0.0618. The molecule has 0 radical (unpaired) electrons. The maximum atomic E-state index is 11.1. The molecule has 1 fully saturated rings. The number of benzene rings is 1. The van der Waals surface area contributed by atoms with Crippen LogP contribution in [0.3, 0.4) is 0 Å². The lowest BCUT2D eigenvalue weighted by atomic mass is 9.83. The SMILES string of the molecule is CCC(Nc1c(Cl)cccc1[N+](=O)[O-])C1CCCCC1. The Labute approximate surface area is 124 Å². The third kappa shape index (κ3) is 3.42. The van der Waals surface area contributed by atoms with Crippen LogP contribution < -0.4 is 5.32 Å². The number of nitro groups is 1. The molecule has 0 heterocycles. The van der Waals surface area contributed by atoms with Crippen LogP contribution in [-0.2, 0) is 0 Å². The van der Waals surface area contributed by atoms with Crippen molar-refractivity contribution < 1.29 is 4.92 Å². The van der Waals surface area contributed by atoms with Gasteiger partial charge in [-0.05, 0) is 31.2 Å². The summed E-state index contributed by atoms with van der Waals surface area (Å²) in [5.74, 6) is 0.588. The van der Waals surface area contributed by atoms with Gasteiger partial charge in [0, 0.05) is 12.1 Å². The monoisotopic (exact) mass is 296 g/mol. The standard InChI is InChI=1S/C15H21ClN2O2/c1-2-13(11-7-4-3-5-8-11)17-15-12(16)9-6-10-14(15)18(19)20/h6,9-11,13,17H,2-5,7-8H2,1H3. The normalized spacial score (nSPS) is 17.7. The molecule has 5 heteroatoms. The van der Waals surface area contributed by atoms with Gasteiger partial charge in [-0.15, -0.1) is 0 Å². The summed E-state index contributed by atoms with van der Waals surface area (Å²) in [4.78, 5) is 10.8. The average molecular weight is 297 g/mol. The quantitative estimate of drug-likeness (QED) is 0.613. The van der Waals surface area contributed by atoms with Crippen molar-refractivity contribution in [2.45, 2.75) is 51.5 Å². The van der Waals surface area contributed by atoms with E-state index in [4.69, 9.17) is 11.6 Å². The average Bonchev–Trinajstić information content (AvgIpc) is 2.46. The van der Waals surface area contributed by atoms with Crippen molar-refractivity contribution in [3.8, 4) is 0 Å². The third-order valence-electron chi connectivity index (χ3n) is 4.18. The second-order valence-electron chi connectivity index (χ2n) is 5.45. The highest BCUT2D eigenvalue weighted by Crippen LogP contribution is 2.36. The molecule has 0 aliphatic heterocycles. The maximum absolute atomic E-state index is 11.1. The summed E-state index contributed by atoms with van der Waals surface area (Å²) in [6, 6.07) is 5.08. The molecule has 1 aliphatic carbocycles. The fraction of sp³-hybridized carbons (Fsp3) is 0.600. The molecule has 1 atom stereocenters. The number of nitrogens with zero attached hydrogens (tertiary/aromatic N) is 1. The van der Waals surface area contributed by atoms with Gasteiger partial charge >= 0.3 is 0 Å². The second-order valence-corrected chi connectivity index (χ2v) is 5.86. The second kappa shape index (κ2) is 6.93. The van der Waals surface area contributed by atoms with Gasteiger partial charge in [0.05, 0.1) is 9.95 Å². The number of para-hydroxylation sites is 1. The summed E-state index contributed by atoms with van der Waals surface area (Å²) < 4.78 is 0. The van der Waals surface area contributed by atoms with Gasteiger partial charge in [0.1, 0.15) is 5.69 Å². The van der Waals surface area contributed by atoms with E-state index in [0.29, 0.717) is 16.6 Å². The molecule has 2 rings (SSSR count). The summed E-state index contributed by atoms with van der Waals surface area (Å²) in [6.45, 7) is 2.12. The van der Waals surface area contributed by atoms with Crippen molar-refractivity contribution in [3.05, 3.63) is 33.3 Å². The fourth-order valence-corrected chi connectivity index (χ4v) is 3.31. The van der Waals surface area contributed by atoms with E-state index in [9.17, 15) is 10.1 Å². The Bertz CT molecular complexity index is 473. The zero-order chi connectivity index (χ0) is 14.5. The van der Waals surface area contributed by atoms with Gasteiger partial charge < -0.3 is 5.32 Å². The van der Waals surface area contributed by atoms with E-state index in [1.807, 2.05) is 0 Å². The van der Waals surface area contributed by atoms with E-state index >= 15 is 0 Å². The molecule has 0 spiro atoms. The highest BCUT2D eigenvalue weighted by atomic mass is 35.5. The highest BCUT2D eigenvalue weighted by Gasteiger charge is 2.25. The lowest BCUT2D eigenvalue weighted by Gasteiger charge is -2.31. The number of hydrogen-bond acceptors (Lipinski definition) is 3. The summed E-state index contributed by atoms with van der Waals surface area (Å²) in [6.07, 6.45) is 7.17. The Morgan fingerprint density at radius 1 is 1.40 bits per heavy atom. The molecule has 1 saturated carbocycles. The van der Waals surface area contributed by atoms with Crippen molar-refractivity contribution in [1.29, 1.82) is 0 Å². The number of nitrogens with one attached hydrogen (secondary N) is 1. The first kappa shape index (κ1) is 15.1. The van der Waals surface area contributed by atoms with Gasteiger partial charge in [0.2, 0.25) is 0 Å². The summed E-state index contributed by atoms with van der Waals surface area (Å²) in [7, 11) is 0. The van der Waals surface area contributed by atoms with Crippen molar-refractivity contribution in [1.82, 2.24) is 0 Å². The number of nitro benzene ring substituents is 1. The van der Waals surface area contributed by atoms with E-state index in [-0.39, 0.29) is 16.7 Å². The van der Waals surface area contributed by atoms with Gasteiger partial charge in [-0.1, -0.05) is 43.9 Å². The molecule has 1 aromatic carbocycles. The maximum Gasteiger partial charge on any atom is 0.293 e. The summed E-state index contributed by atoms with van der Waals surface area (Å²) in [5.41, 5.74) is 0.531. The van der Waals surface area contributed by atoms with Crippen LogP contribution in [0, 0.1) is 16.0 Å². The third-order valence-corrected chi connectivity index (χ3v) is 4.49. The molecule has 0 saturated heterocycles. The summed E-state index contributed by atoms with van der Waals surface area (Å²) >= 11 is 6.15. The topological polar surface area (TPSA) is 55.2 Å².